The third kappa shape index (κ3) is 4.06. The fourth-order valence-electron chi connectivity index (χ4n) is 9.74. The van der Waals surface area contributed by atoms with Crippen LogP contribution in [0.2, 0.25) is 0 Å². The van der Waals surface area contributed by atoms with Gasteiger partial charge >= 0.3 is 11.9 Å². The largest absolute Gasteiger partial charge is 0.496 e. The zero-order valence-corrected chi connectivity index (χ0v) is 29.1. The number of carbonyl (C=O) groups is 2. The maximum absolute atomic E-state index is 14.0. The molecule has 0 bridgehead atoms. The van der Waals surface area contributed by atoms with Crippen LogP contribution in [0.25, 0.3) is 22.0 Å². The van der Waals surface area contributed by atoms with E-state index >= 15 is 0 Å². The van der Waals surface area contributed by atoms with E-state index in [1.54, 1.807) is 55.8 Å². The van der Waals surface area contributed by atoms with E-state index in [-0.39, 0.29) is 10.9 Å². The van der Waals surface area contributed by atoms with Gasteiger partial charge in [0.1, 0.15) is 5.75 Å². The van der Waals surface area contributed by atoms with Crippen LogP contribution in [0, 0.1) is 5.41 Å². The standard InChI is InChI=1S/C38H39N3O8S/c1-5-36-16-11-18-40-19-17-37(33(36)40)28-20-26(27-22-41(30-15-10-9-14-25(27)30)50(45,46)24-12-7-6-8-13-24)31(47-3)21-29(28)39-32(37)38(44,35(43)48-4)34(36)49-23(2)42/h6-16,20-22,32-34,39,44H,5,17-19H2,1-4H3/t32?,33-,34+,36+,37-,38-/m0/s1. The Morgan fingerprint density at radius 3 is 2.48 bits per heavy atom. The van der Waals surface area contributed by atoms with E-state index < -0.39 is 50.5 Å². The minimum Gasteiger partial charge on any atom is -0.496 e. The quantitative estimate of drug-likeness (QED) is 0.210. The topological polar surface area (TPSA) is 136 Å². The summed E-state index contributed by atoms with van der Waals surface area (Å²) in [4.78, 5) is 29.1. The molecule has 2 fully saturated rings. The molecule has 3 aromatic carbocycles. The van der Waals surface area contributed by atoms with Crippen LogP contribution in [0.3, 0.4) is 0 Å². The molecule has 11 nitrogen and oxygen atoms in total. The average Bonchev–Trinajstić information content (AvgIpc) is 3.82. The lowest BCUT2D eigenvalue weighted by atomic mass is 9.48. The molecule has 4 aliphatic rings. The van der Waals surface area contributed by atoms with Crippen LogP contribution in [-0.2, 0) is 34.5 Å². The van der Waals surface area contributed by atoms with Crippen molar-refractivity contribution in [3.05, 3.63) is 90.6 Å². The van der Waals surface area contributed by atoms with E-state index in [1.165, 1.54) is 18.0 Å². The summed E-state index contributed by atoms with van der Waals surface area (Å²) in [6, 6.07) is 18.3. The molecule has 4 heterocycles. The molecule has 4 aromatic rings. The molecule has 1 spiro atoms. The minimum absolute atomic E-state index is 0.165. The highest BCUT2D eigenvalue weighted by Gasteiger charge is 2.79. The van der Waals surface area contributed by atoms with Crippen LogP contribution in [0.4, 0.5) is 5.69 Å². The van der Waals surface area contributed by atoms with Gasteiger partial charge in [-0.05, 0) is 49.2 Å². The third-order valence-corrected chi connectivity index (χ3v) is 13.3. The molecule has 3 aliphatic heterocycles. The second-order valence-corrected chi connectivity index (χ2v) is 15.5. The Balaban J connectivity index is 1.39. The maximum atomic E-state index is 14.0. The molecule has 6 atom stereocenters. The number of carbonyl (C=O) groups excluding carboxylic acids is 2. The van der Waals surface area contributed by atoms with E-state index in [1.807, 2.05) is 43.3 Å². The Morgan fingerprint density at radius 1 is 1.04 bits per heavy atom. The van der Waals surface area contributed by atoms with Crippen LogP contribution < -0.4 is 10.1 Å². The van der Waals surface area contributed by atoms with E-state index in [2.05, 4.69) is 10.2 Å². The van der Waals surface area contributed by atoms with Gasteiger partial charge < -0.3 is 24.6 Å². The van der Waals surface area contributed by atoms with Crippen molar-refractivity contribution in [3.8, 4) is 16.9 Å². The summed E-state index contributed by atoms with van der Waals surface area (Å²) >= 11 is 0. The first-order valence-electron chi connectivity index (χ1n) is 16.8. The Bertz CT molecular complexity index is 2200. The lowest BCUT2D eigenvalue weighted by Crippen LogP contribution is -2.80. The molecule has 1 unspecified atom stereocenters. The second-order valence-electron chi connectivity index (χ2n) is 13.7. The van der Waals surface area contributed by atoms with Gasteiger partial charge in [0.2, 0.25) is 5.60 Å². The van der Waals surface area contributed by atoms with Gasteiger partial charge in [0.05, 0.1) is 30.7 Å². The molecule has 1 aromatic heterocycles. The van der Waals surface area contributed by atoms with E-state index in [0.29, 0.717) is 59.4 Å². The van der Waals surface area contributed by atoms with Crippen LogP contribution in [-0.4, -0.2) is 85.4 Å². The van der Waals surface area contributed by atoms with Crippen molar-refractivity contribution in [2.24, 2.45) is 5.41 Å². The van der Waals surface area contributed by atoms with Gasteiger partial charge in [0.25, 0.3) is 10.0 Å². The third-order valence-electron chi connectivity index (χ3n) is 11.6. The zero-order chi connectivity index (χ0) is 35.2. The number of para-hydroxylation sites is 1. The summed E-state index contributed by atoms with van der Waals surface area (Å²) in [5.41, 5.74) is -0.688. The molecule has 0 amide bonds. The number of ether oxygens (including phenoxy) is 3. The van der Waals surface area contributed by atoms with Crippen molar-refractivity contribution in [2.75, 3.05) is 32.6 Å². The maximum Gasteiger partial charge on any atom is 0.344 e. The van der Waals surface area contributed by atoms with Gasteiger partial charge in [0, 0.05) is 64.8 Å². The lowest BCUT2D eigenvalue weighted by molar-refractivity contribution is -0.226. The second kappa shape index (κ2) is 11.2. The summed E-state index contributed by atoms with van der Waals surface area (Å²) in [7, 11) is -1.18. The monoisotopic (exact) mass is 697 g/mol. The molecule has 12 heteroatoms. The number of rotatable bonds is 7. The number of nitrogens with one attached hydrogen (secondary N) is 1. The smallest absolute Gasteiger partial charge is 0.344 e. The molecular formula is C38H39N3O8S. The number of methoxy groups -OCH3 is 2. The Morgan fingerprint density at radius 2 is 1.78 bits per heavy atom. The van der Waals surface area contributed by atoms with Crippen LogP contribution in [0.1, 0.15) is 32.3 Å². The van der Waals surface area contributed by atoms with Gasteiger partial charge in [-0.3, -0.25) is 9.69 Å². The number of anilines is 1. The Kier molecular flexibility index (Phi) is 7.28. The van der Waals surface area contributed by atoms with E-state index in [0.717, 1.165) is 5.56 Å². The number of fused-ring (bicyclic) bond motifs is 2. The fraction of sp³-hybridized carbons (Fsp3) is 0.368. The molecule has 1 saturated heterocycles. The molecule has 2 N–H and O–H groups in total. The lowest BCUT2D eigenvalue weighted by Gasteiger charge is -2.62. The summed E-state index contributed by atoms with van der Waals surface area (Å²) in [5.74, 6) is -1.02. The number of nitrogens with zero attached hydrogens (tertiary/aromatic N) is 2. The first-order valence-corrected chi connectivity index (χ1v) is 18.2. The average molecular weight is 698 g/mol. The van der Waals surface area contributed by atoms with Crippen LogP contribution in [0.15, 0.2) is 90.0 Å². The highest BCUT2D eigenvalue weighted by Crippen LogP contribution is 2.66. The summed E-state index contributed by atoms with van der Waals surface area (Å²) in [5, 5.41) is 17.0. The van der Waals surface area contributed by atoms with Gasteiger partial charge in [-0.1, -0.05) is 55.5 Å². The van der Waals surface area contributed by atoms with Crippen molar-refractivity contribution in [1.29, 1.82) is 0 Å². The summed E-state index contributed by atoms with van der Waals surface area (Å²) in [6.45, 7) is 4.60. The minimum atomic E-state index is -3.96. The normalized spacial score (nSPS) is 29.5. The number of esters is 2. The highest BCUT2D eigenvalue weighted by atomic mass is 32.2. The zero-order valence-electron chi connectivity index (χ0n) is 28.3. The number of aromatic nitrogens is 1. The van der Waals surface area contributed by atoms with Crippen molar-refractivity contribution in [3.63, 3.8) is 0 Å². The Hall–Kier alpha value is -4.65. The van der Waals surface area contributed by atoms with Crippen molar-refractivity contribution >= 4 is 38.6 Å². The van der Waals surface area contributed by atoms with Crippen LogP contribution in [0.5, 0.6) is 5.75 Å². The summed E-state index contributed by atoms with van der Waals surface area (Å²) in [6.07, 6.45) is 5.50. The number of hydrogen-bond acceptors (Lipinski definition) is 10. The highest BCUT2D eigenvalue weighted by molar-refractivity contribution is 7.90. The van der Waals surface area contributed by atoms with Gasteiger partial charge in [-0.25, -0.2) is 17.2 Å². The fourth-order valence-corrected chi connectivity index (χ4v) is 11.1. The van der Waals surface area contributed by atoms with E-state index in [9.17, 15) is 23.1 Å². The molecule has 0 radical (unpaired) electrons. The molecular weight excluding hydrogens is 658 g/mol. The van der Waals surface area contributed by atoms with Gasteiger partial charge in [-0.15, -0.1) is 0 Å². The van der Waals surface area contributed by atoms with E-state index in [4.69, 9.17) is 14.2 Å². The molecule has 50 heavy (non-hydrogen) atoms. The Labute approximate surface area is 290 Å². The first kappa shape index (κ1) is 32.5. The van der Waals surface area contributed by atoms with Crippen molar-refractivity contribution in [2.45, 2.75) is 60.8 Å². The van der Waals surface area contributed by atoms with Gasteiger partial charge in [-0.2, -0.15) is 0 Å². The van der Waals surface area contributed by atoms with Crippen molar-refractivity contribution in [1.82, 2.24) is 8.87 Å². The number of aliphatic hydroxyl groups is 1. The van der Waals surface area contributed by atoms with Crippen LogP contribution >= 0.6 is 0 Å². The SMILES string of the molecule is CC[C@]12C=CCN3CC[C@@]4(c5cc(-c6cn(S(=O)(=O)c7ccccc7)c7ccccc67)c(OC)cc5NC4[C@@](O)(C(=O)OC)[C@@H]1OC(C)=O)[C@@H]32. The summed E-state index contributed by atoms with van der Waals surface area (Å²) < 4.78 is 46.6. The molecule has 8 rings (SSSR count). The molecule has 1 aliphatic carbocycles. The van der Waals surface area contributed by atoms with Crippen molar-refractivity contribution < 1.29 is 37.3 Å². The number of benzene rings is 3. The number of hydrogen-bond donors (Lipinski definition) is 2. The molecule has 260 valence electrons. The van der Waals surface area contributed by atoms with Gasteiger partial charge in [0.15, 0.2) is 6.10 Å². The predicted octanol–water partition coefficient (Wildman–Crippen LogP) is 4.48. The first-order chi connectivity index (χ1) is 24.0. The predicted molar refractivity (Wildman–Crippen MR) is 186 cm³/mol. The molecule has 1 saturated carbocycles.